The first-order valence-corrected chi connectivity index (χ1v) is 22.0. The van der Waals surface area contributed by atoms with Crippen LogP contribution in [-0.2, 0) is 34.6 Å². The topological polar surface area (TPSA) is 163 Å². The molecule has 0 unspecified atom stereocenters. The second-order valence-corrected chi connectivity index (χ2v) is 18.8. The number of alkyl halides is 6. The highest BCUT2D eigenvalue weighted by Crippen LogP contribution is 2.38. The highest BCUT2D eigenvalue weighted by molar-refractivity contribution is 7.89. The van der Waals surface area contributed by atoms with Gasteiger partial charge in [0.05, 0.1) is 22.7 Å². The van der Waals surface area contributed by atoms with Crippen molar-refractivity contribution in [1.82, 2.24) is 44.1 Å². The van der Waals surface area contributed by atoms with Gasteiger partial charge in [0.25, 0.3) is 0 Å². The number of urea groups is 1. The van der Waals surface area contributed by atoms with Gasteiger partial charge in [-0.15, -0.1) is 0 Å². The molecule has 3 aromatic heterocycles. The summed E-state index contributed by atoms with van der Waals surface area (Å²) in [5, 5.41) is 13.8. The van der Waals surface area contributed by atoms with Crippen LogP contribution in [-0.4, -0.2) is 116 Å². The Morgan fingerprint density at radius 3 is 2.30 bits per heavy atom. The Kier molecular flexibility index (Phi) is 11.8. The van der Waals surface area contributed by atoms with E-state index in [9.17, 15) is 44.3 Å². The third-order valence-electron chi connectivity index (χ3n) is 12.4. The summed E-state index contributed by atoms with van der Waals surface area (Å²) in [6.45, 7) is 2.49. The Balaban J connectivity index is 0.799. The van der Waals surface area contributed by atoms with Gasteiger partial charge >= 0.3 is 18.4 Å². The number of amides is 3. The quantitative estimate of drug-likeness (QED) is 0.184. The summed E-state index contributed by atoms with van der Waals surface area (Å²) >= 11 is 0. The monoisotopic (exact) mass is 879 g/mol. The fraction of sp³-hybridized carbons (Fsp3) is 0.590. The number of sulfonamides is 1. The van der Waals surface area contributed by atoms with Gasteiger partial charge in [-0.25, -0.2) is 27.5 Å². The number of halogens is 6. The van der Waals surface area contributed by atoms with E-state index < -0.39 is 51.5 Å². The molecule has 3 amide bonds. The van der Waals surface area contributed by atoms with Gasteiger partial charge in [0.15, 0.2) is 5.82 Å². The largest absolute Gasteiger partial charge is 0.419 e. The molecule has 330 valence electrons. The Hall–Kier alpha value is -4.83. The van der Waals surface area contributed by atoms with Gasteiger partial charge in [-0.05, 0) is 94.0 Å². The van der Waals surface area contributed by atoms with Crippen LogP contribution in [0.3, 0.4) is 0 Å². The molecule has 22 heteroatoms. The third kappa shape index (κ3) is 9.49. The lowest BCUT2D eigenvalue weighted by Gasteiger charge is -2.39. The van der Waals surface area contributed by atoms with Gasteiger partial charge in [0.1, 0.15) is 12.1 Å². The van der Waals surface area contributed by atoms with Gasteiger partial charge in [0.2, 0.25) is 21.9 Å². The number of imide groups is 1. The number of aryl methyl sites for hydroxylation is 1. The molecule has 8 rings (SSSR count). The number of hydrogen-bond acceptors (Lipinski definition) is 10. The lowest BCUT2D eigenvalue weighted by Crippen LogP contribution is -2.49. The summed E-state index contributed by atoms with van der Waals surface area (Å²) in [6.07, 6.45) is -1.91. The predicted molar refractivity (Wildman–Crippen MR) is 212 cm³/mol. The minimum atomic E-state index is -4.87. The van der Waals surface area contributed by atoms with E-state index in [2.05, 4.69) is 47.8 Å². The Morgan fingerprint density at radius 1 is 0.902 bits per heavy atom. The highest BCUT2D eigenvalue weighted by Gasteiger charge is 2.39. The summed E-state index contributed by atoms with van der Waals surface area (Å²) in [7, 11) is -1.73. The number of nitrogens with one attached hydrogen (secondary N) is 2. The van der Waals surface area contributed by atoms with Gasteiger partial charge in [-0.2, -0.15) is 36.5 Å². The first kappa shape index (κ1) is 42.8. The molecule has 3 saturated heterocycles. The molecule has 0 bridgehead atoms. The average molecular weight is 880 g/mol. The third-order valence-corrected chi connectivity index (χ3v) is 14.8. The minimum absolute atomic E-state index is 0.143. The van der Waals surface area contributed by atoms with E-state index in [1.807, 2.05) is 13.1 Å². The van der Waals surface area contributed by atoms with E-state index in [0.717, 1.165) is 68.6 Å². The zero-order valence-electron chi connectivity index (χ0n) is 33.4. The zero-order valence-corrected chi connectivity index (χ0v) is 34.2. The van der Waals surface area contributed by atoms with Crippen molar-refractivity contribution < 1.29 is 44.3 Å². The zero-order chi connectivity index (χ0) is 43.3. The van der Waals surface area contributed by atoms with Crippen molar-refractivity contribution in [3.8, 4) is 11.3 Å². The number of carbonyl (C=O) groups excluding carboxylic acids is 2. The number of piperidine rings is 2. The van der Waals surface area contributed by atoms with Crippen molar-refractivity contribution in [1.29, 1.82) is 0 Å². The summed E-state index contributed by atoms with van der Waals surface area (Å²) < 4.78 is 111. The molecule has 15 nitrogen and oxygen atoms in total. The summed E-state index contributed by atoms with van der Waals surface area (Å²) in [6, 6.07) is 5.49. The van der Waals surface area contributed by atoms with E-state index in [-0.39, 0.29) is 36.4 Å². The standard InChI is InChI=1S/C39H47F6N11O4S/c1-52-32-18-26(2-7-30(32)35(51-52)56-17-12-33(57)49-37(56)58)25-10-13-53(14-11-25)21-24-8-15-55(16-9-24)61(59,60)29-5-3-28(4-6-29)48-36-46-20-31(39(43,44)45)34(50-36)27-19-47-54(22-27)23-38(40,41)42/h2,7,18-20,22,24-25,28-29H,3-6,8-17,21,23H2,1H3,(H,46,48,50)(H,49,57,58). The number of rotatable bonds is 10. The van der Waals surface area contributed by atoms with Gasteiger partial charge in [0, 0.05) is 69.0 Å². The Bertz CT molecular complexity index is 2360. The molecule has 6 heterocycles. The molecule has 0 radical (unpaired) electrons. The molecule has 0 atom stereocenters. The van der Waals surface area contributed by atoms with Crippen LogP contribution < -0.4 is 15.5 Å². The van der Waals surface area contributed by atoms with Gasteiger partial charge in [-0.1, -0.05) is 6.07 Å². The average Bonchev–Trinajstić information content (AvgIpc) is 3.80. The van der Waals surface area contributed by atoms with E-state index in [1.54, 1.807) is 8.99 Å². The summed E-state index contributed by atoms with van der Waals surface area (Å²) in [5.41, 5.74) is 0.0789. The molecular formula is C39H47F6N11O4S. The lowest BCUT2D eigenvalue weighted by atomic mass is 9.88. The highest BCUT2D eigenvalue weighted by atomic mass is 32.2. The molecule has 4 aliphatic rings. The summed E-state index contributed by atoms with van der Waals surface area (Å²) in [4.78, 5) is 36.0. The molecule has 1 aromatic carbocycles. The molecule has 4 aromatic rings. The SMILES string of the molecule is Cn1nc(N2CCC(=O)NC2=O)c2ccc(C3CCN(CC4CCN(S(=O)(=O)C5CCC(Nc6ncc(C(F)(F)F)c(-c7cnn(CC(F)(F)F)c7)n6)CC5)CC4)CC3)cc21. The maximum Gasteiger partial charge on any atom is 0.419 e. The molecular weight excluding hydrogens is 833 g/mol. The lowest BCUT2D eigenvalue weighted by molar-refractivity contribution is -0.142. The van der Waals surface area contributed by atoms with Crippen LogP contribution in [0.5, 0.6) is 0 Å². The summed E-state index contributed by atoms with van der Waals surface area (Å²) in [5.74, 6) is 0.852. The van der Waals surface area contributed by atoms with E-state index in [1.165, 1.54) is 10.5 Å². The molecule has 1 saturated carbocycles. The first-order valence-electron chi connectivity index (χ1n) is 20.5. The second-order valence-electron chi connectivity index (χ2n) is 16.6. The van der Waals surface area contributed by atoms with Crippen LogP contribution in [0.4, 0.5) is 42.9 Å². The molecule has 1 aliphatic carbocycles. The molecule has 61 heavy (non-hydrogen) atoms. The number of hydrogen-bond donors (Lipinski definition) is 2. The number of nitrogens with zero attached hydrogens (tertiary/aromatic N) is 9. The normalized spacial score (nSPS) is 22.2. The molecule has 3 aliphatic heterocycles. The van der Waals surface area contributed by atoms with Crippen molar-refractivity contribution >= 4 is 44.6 Å². The smallest absolute Gasteiger partial charge is 0.351 e. The first-order chi connectivity index (χ1) is 28.9. The van der Waals surface area contributed by atoms with E-state index >= 15 is 0 Å². The molecule has 0 spiro atoms. The maximum absolute atomic E-state index is 13.8. The minimum Gasteiger partial charge on any atom is -0.351 e. The van der Waals surface area contributed by atoms with Crippen LogP contribution in [0.15, 0.2) is 36.8 Å². The predicted octanol–water partition coefficient (Wildman–Crippen LogP) is 5.90. The van der Waals surface area contributed by atoms with Crippen LogP contribution in [0, 0.1) is 5.92 Å². The van der Waals surface area contributed by atoms with Gasteiger partial charge < -0.3 is 10.2 Å². The number of benzene rings is 1. The van der Waals surface area contributed by atoms with Crippen LogP contribution in [0.25, 0.3) is 22.2 Å². The molecule has 2 N–H and O–H groups in total. The van der Waals surface area contributed by atoms with E-state index in [0.29, 0.717) is 67.3 Å². The van der Waals surface area contributed by atoms with Crippen LogP contribution >= 0.6 is 0 Å². The van der Waals surface area contributed by atoms with Gasteiger partial charge in [-0.3, -0.25) is 24.4 Å². The van der Waals surface area contributed by atoms with Crippen molar-refractivity contribution in [2.75, 3.05) is 49.5 Å². The number of anilines is 2. The number of fused-ring (bicyclic) bond motifs is 1. The number of likely N-dealkylation sites (tertiary alicyclic amines) is 1. The number of carbonyl (C=O) groups is 2. The van der Waals surface area contributed by atoms with Crippen LogP contribution in [0.2, 0.25) is 0 Å². The van der Waals surface area contributed by atoms with Crippen molar-refractivity contribution in [2.45, 2.75) is 93.9 Å². The second kappa shape index (κ2) is 16.8. The fourth-order valence-corrected chi connectivity index (χ4v) is 11.2. The molecule has 4 fully saturated rings. The Morgan fingerprint density at radius 2 is 1.62 bits per heavy atom. The van der Waals surface area contributed by atoms with E-state index in [4.69, 9.17) is 0 Å². The van der Waals surface area contributed by atoms with Crippen LogP contribution in [0.1, 0.15) is 74.8 Å². The van der Waals surface area contributed by atoms with Crippen molar-refractivity contribution in [2.24, 2.45) is 13.0 Å². The van der Waals surface area contributed by atoms with Crippen molar-refractivity contribution in [3.63, 3.8) is 0 Å². The van der Waals surface area contributed by atoms with Crippen molar-refractivity contribution in [3.05, 3.63) is 47.9 Å². The maximum atomic E-state index is 13.8. The Labute approximate surface area is 347 Å². The fourth-order valence-electron chi connectivity index (χ4n) is 9.17. The number of aromatic nitrogens is 6.